The molecule has 1 aliphatic rings. The van der Waals surface area contributed by atoms with E-state index in [0.717, 1.165) is 25.9 Å². The third-order valence-corrected chi connectivity index (χ3v) is 4.75. The average molecular weight is 362 g/mol. The smallest absolute Gasteiger partial charge is 0.253 e. The highest BCUT2D eigenvalue weighted by Crippen LogP contribution is 2.13. The normalized spacial score (nSPS) is 16.7. The maximum absolute atomic E-state index is 12.6. The Kier molecular flexibility index (Phi) is 6.97. The molecule has 2 rings (SSSR count). The van der Waals surface area contributed by atoms with Crippen LogP contribution >= 0.6 is 0 Å². The first-order valence-corrected chi connectivity index (χ1v) is 9.29. The molecule has 7 heteroatoms. The molecule has 1 aromatic rings. The molecule has 7 nitrogen and oxygen atoms in total. The van der Waals surface area contributed by atoms with Crippen molar-refractivity contribution in [2.24, 2.45) is 5.92 Å². The van der Waals surface area contributed by atoms with E-state index in [1.807, 2.05) is 13.8 Å². The molecule has 1 aromatic heterocycles. The van der Waals surface area contributed by atoms with Gasteiger partial charge in [0.05, 0.1) is 5.56 Å². The monoisotopic (exact) mass is 362 g/mol. The lowest BCUT2D eigenvalue weighted by Gasteiger charge is -2.17. The van der Waals surface area contributed by atoms with Crippen LogP contribution in [0.5, 0.6) is 0 Å². The Labute approximate surface area is 154 Å². The molecule has 1 aliphatic heterocycles. The molecule has 0 spiro atoms. The van der Waals surface area contributed by atoms with E-state index >= 15 is 0 Å². The Morgan fingerprint density at radius 2 is 2.08 bits per heavy atom. The molecule has 0 saturated carbocycles. The first-order valence-electron chi connectivity index (χ1n) is 9.29. The summed E-state index contributed by atoms with van der Waals surface area (Å²) in [5.41, 5.74) is 1.36. The molecule has 0 aromatic carbocycles. The van der Waals surface area contributed by atoms with Crippen molar-refractivity contribution >= 4 is 11.8 Å². The van der Waals surface area contributed by atoms with Crippen LogP contribution in [0.25, 0.3) is 0 Å². The van der Waals surface area contributed by atoms with E-state index < -0.39 is 0 Å². The fraction of sp³-hybridized carbons (Fsp3) is 0.632. The average Bonchev–Trinajstić information content (AvgIpc) is 3.04. The van der Waals surface area contributed by atoms with Crippen molar-refractivity contribution in [3.8, 4) is 0 Å². The Morgan fingerprint density at radius 1 is 1.35 bits per heavy atom. The van der Waals surface area contributed by atoms with Gasteiger partial charge in [0.1, 0.15) is 6.54 Å². The van der Waals surface area contributed by atoms with Crippen molar-refractivity contribution in [1.82, 2.24) is 20.5 Å². The number of amides is 2. The van der Waals surface area contributed by atoms with Crippen LogP contribution in [0.1, 0.15) is 48.3 Å². The number of aromatic nitrogens is 1. The van der Waals surface area contributed by atoms with Crippen molar-refractivity contribution in [1.29, 1.82) is 0 Å². The number of rotatable bonds is 7. The van der Waals surface area contributed by atoms with Crippen molar-refractivity contribution in [3.63, 3.8) is 0 Å². The summed E-state index contributed by atoms with van der Waals surface area (Å²) in [5, 5.41) is 9.04. The molecule has 1 saturated heterocycles. The molecule has 3 N–H and O–H groups in total. The number of hydrogen-bond donors (Lipinski definition) is 3. The van der Waals surface area contributed by atoms with E-state index in [-0.39, 0.29) is 30.0 Å². The first kappa shape index (κ1) is 20.2. The minimum Gasteiger partial charge on any atom is -0.352 e. The Morgan fingerprint density at radius 3 is 2.69 bits per heavy atom. The molecular weight excluding hydrogens is 332 g/mol. The zero-order valence-electron chi connectivity index (χ0n) is 16.1. The molecule has 144 valence electrons. The zero-order chi connectivity index (χ0) is 19.3. The lowest BCUT2D eigenvalue weighted by atomic mass is 10.0. The van der Waals surface area contributed by atoms with Crippen LogP contribution in [-0.2, 0) is 11.3 Å². The topological polar surface area (TPSA) is 92.2 Å². The van der Waals surface area contributed by atoms with Crippen LogP contribution in [0.15, 0.2) is 10.9 Å². The van der Waals surface area contributed by atoms with Gasteiger partial charge in [-0.05, 0) is 65.1 Å². The second kappa shape index (κ2) is 8.98. The molecule has 26 heavy (non-hydrogen) atoms. The van der Waals surface area contributed by atoms with Gasteiger partial charge >= 0.3 is 0 Å². The molecule has 2 amide bonds. The SMILES string of the molecule is Cc1cc(=O)n(CC(=O)NC(C)C)c(C)c1C(=O)NCCC1CCNC1. The van der Waals surface area contributed by atoms with E-state index in [2.05, 4.69) is 16.0 Å². The van der Waals surface area contributed by atoms with Crippen LogP contribution in [0.2, 0.25) is 0 Å². The van der Waals surface area contributed by atoms with E-state index in [4.69, 9.17) is 0 Å². The standard InChI is InChI=1S/C19H30N4O3/c1-12(2)22-16(24)11-23-14(4)18(13(3)9-17(23)25)19(26)21-8-6-15-5-7-20-10-15/h9,12,15,20H,5-8,10-11H2,1-4H3,(H,21,26)(H,22,24). The van der Waals surface area contributed by atoms with Gasteiger partial charge < -0.3 is 20.5 Å². The predicted octanol–water partition coefficient (Wildman–Crippen LogP) is 0.719. The highest BCUT2D eigenvalue weighted by atomic mass is 16.2. The molecule has 1 unspecified atom stereocenters. The van der Waals surface area contributed by atoms with Crippen molar-refractivity contribution in [2.45, 2.75) is 53.1 Å². The van der Waals surface area contributed by atoms with Gasteiger partial charge in [0, 0.05) is 24.3 Å². The summed E-state index contributed by atoms with van der Waals surface area (Å²) >= 11 is 0. The van der Waals surface area contributed by atoms with Crippen LogP contribution in [0.3, 0.4) is 0 Å². The maximum Gasteiger partial charge on any atom is 0.253 e. The first-order chi connectivity index (χ1) is 12.3. The highest BCUT2D eigenvalue weighted by molar-refractivity contribution is 5.96. The number of pyridine rings is 1. The van der Waals surface area contributed by atoms with E-state index in [1.165, 1.54) is 10.6 Å². The summed E-state index contributed by atoms with van der Waals surface area (Å²) in [6.07, 6.45) is 2.08. The van der Waals surface area contributed by atoms with Gasteiger partial charge in [-0.3, -0.25) is 14.4 Å². The van der Waals surface area contributed by atoms with Gasteiger partial charge in [0.15, 0.2) is 0 Å². The molecule has 0 radical (unpaired) electrons. The Hall–Kier alpha value is -2.15. The minimum absolute atomic E-state index is 0.00296. The van der Waals surface area contributed by atoms with Crippen LogP contribution < -0.4 is 21.5 Å². The lowest BCUT2D eigenvalue weighted by molar-refractivity contribution is -0.122. The Balaban J connectivity index is 2.11. The number of nitrogens with zero attached hydrogens (tertiary/aromatic N) is 1. The number of aryl methyl sites for hydroxylation is 1. The molecule has 0 bridgehead atoms. The summed E-state index contributed by atoms with van der Waals surface area (Å²) in [4.78, 5) is 37.0. The van der Waals surface area contributed by atoms with Crippen LogP contribution in [-0.4, -0.2) is 42.1 Å². The highest BCUT2D eigenvalue weighted by Gasteiger charge is 2.19. The van der Waals surface area contributed by atoms with Gasteiger partial charge in [0.25, 0.3) is 11.5 Å². The molecular formula is C19H30N4O3. The maximum atomic E-state index is 12.6. The van der Waals surface area contributed by atoms with E-state index in [9.17, 15) is 14.4 Å². The van der Waals surface area contributed by atoms with Crippen LogP contribution in [0, 0.1) is 19.8 Å². The minimum atomic E-state index is -0.271. The van der Waals surface area contributed by atoms with Gasteiger partial charge in [-0.1, -0.05) is 0 Å². The van der Waals surface area contributed by atoms with Gasteiger partial charge in [-0.25, -0.2) is 0 Å². The zero-order valence-corrected chi connectivity index (χ0v) is 16.1. The van der Waals surface area contributed by atoms with E-state index in [1.54, 1.807) is 13.8 Å². The molecule has 1 atom stereocenters. The largest absolute Gasteiger partial charge is 0.352 e. The lowest BCUT2D eigenvalue weighted by Crippen LogP contribution is -2.38. The van der Waals surface area contributed by atoms with Gasteiger partial charge in [0.2, 0.25) is 5.91 Å². The summed E-state index contributed by atoms with van der Waals surface area (Å²) in [5.74, 6) is 0.171. The summed E-state index contributed by atoms with van der Waals surface area (Å²) in [7, 11) is 0. The Bertz CT molecular complexity index is 718. The summed E-state index contributed by atoms with van der Waals surface area (Å²) in [6, 6.07) is 1.42. The van der Waals surface area contributed by atoms with Crippen LogP contribution in [0.4, 0.5) is 0 Å². The molecule has 0 aliphatic carbocycles. The predicted molar refractivity (Wildman–Crippen MR) is 101 cm³/mol. The second-order valence-corrected chi connectivity index (χ2v) is 7.34. The third-order valence-electron chi connectivity index (χ3n) is 4.75. The van der Waals surface area contributed by atoms with Crippen molar-refractivity contribution in [3.05, 3.63) is 33.2 Å². The number of nitrogens with one attached hydrogen (secondary N) is 3. The number of hydrogen-bond acceptors (Lipinski definition) is 4. The second-order valence-electron chi connectivity index (χ2n) is 7.34. The quantitative estimate of drug-likeness (QED) is 0.666. The van der Waals surface area contributed by atoms with Crippen molar-refractivity contribution < 1.29 is 9.59 Å². The van der Waals surface area contributed by atoms with E-state index in [0.29, 0.717) is 29.3 Å². The van der Waals surface area contributed by atoms with Gasteiger partial charge in [-0.2, -0.15) is 0 Å². The fourth-order valence-electron chi connectivity index (χ4n) is 3.41. The number of carbonyl (C=O) groups excluding carboxylic acids is 2. The summed E-state index contributed by atoms with van der Waals surface area (Å²) < 4.78 is 1.36. The third kappa shape index (κ3) is 5.17. The summed E-state index contributed by atoms with van der Waals surface area (Å²) in [6.45, 7) is 9.76. The van der Waals surface area contributed by atoms with Crippen molar-refractivity contribution in [2.75, 3.05) is 19.6 Å². The number of carbonyl (C=O) groups is 2. The molecule has 1 fully saturated rings. The van der Waals surface area contributed by atoms with Gasteiger partial charge in [-0.15, -0.1) is 0 Å². The molecule has 2 heterocycles. The fourth-order valence-corrected chi connectivity index (χ4v) is 3.41.